The number of phosphoric acid groups is 1. The Morgan fingerprint density at radius 3 is 2.25 bits per heavy atom. The van der Waals surface area contributed by atoms with Crippen molar-refractivity contribution >= 4 is 13.8 Å². The minimum absolute atomic E-state index is 0.103. The molecule has 0 aromatic heterocycles. The second kappa shape index (κ2) is 7.01. The van der Waals surface area contributed by atoms with Gasteiger partial charge in [-0.3, -0.25) is 9.32 Å². The monoisotopic (exact) mass is 254 g/mol. The van der Waals surface area contributed by atoms with Crippen molar-refractivity contribution in [3.8, 4) is 0 Å². The minimum Gasteiger partial charge on any atom is -0.438 e. The van der Waals surface area contributed by atoms with Crippen LogP contribution in [0.3, 0.4) is 0 Å². The summed E-state index contributed by atoms with van der Waals surface area (Å²) in [6.07, 6.45) is 0. The van der Waals surface area contributed by atoms with Crippen molar-refractivity contribution < 1.29 is 28.0 Å². The molecule has 6 nitrogen and oxygen atoms in total. The molecule has 1 N–H and O–H groups in total. The minimum atomic E-state index is -4.11. The quantitative estimate of drug-likeness (QED) is 0.424. The second-order valence-electron chi connectivity index (χ2n) is 4.02. The van der Waals surface area contributed by atoms with E-state index in [9.17, 15) is 9.36 Å². The average Bonchev–Trinajstić information content (AvgIpc) is 2.14. The zero-order valence-corrected chi connectivity index (χ0v) is 10.9. The lowest BCUT2D eigenvalue weighted by Crippen LogP contribution is -2.14. The molecule has 0 aromatic rings. The van der Waals surface area contributed by atoms with Gasteiger partial charge in [0.05, 0.1) is 12.5 Å². The maximum absolute atomic E-state index is 11.2. The SMILES string of the molecule is CC(C)COP(=O)(O)OCOC(=O)C(C)C. The third kappa shape index (κ3) is 7.82. The third-order valence-electron chi connectivity index (χ3n) is 1.46. The number of ether oxygens (including phenoxy) is 1. The van der Waals surface area contributed by atoms with E-state index >= 15 is 0 Å². The Bertz CT molecular complexity index is 263. The number of carbonyl (C=O) groups excluding carboxylic acids is 1. The fraction of sp³-hybridized carbons (Fsp3) is 0.889. The predicted molar refractivity (Wildman–Crippen MR) is 57.5 cm³/mol. The van der Waals surface area contributed by atoms with E-state index in [2.05, 4.69) is 13.8 Å². The van der Waals surface area contributed by atoms with Gasteiger partial charge in [-0.15, -0.1) is 0 Å². The van der Waals surface area contributed by atoms with Crippen molar-refractivity contribution in [2.24, 2.45) is 11.8 Å². The van der Waals surface area contributed by atoms with Crippen LogP contribution in [-0.4, -0.2) is 24.3 Å². The number of carbonyl (C=O) groups is 1. The lowest BCUT2D eigenvalue weighted by molar-refractivity contribution is -0.154. The summed E-state index contributed by atoms with van der Waals surface area (Å²) in [5.74, 6) is -0.690. The first-order valence-corrected chi connectivity index (χ1v) is 6.52. The lowest BCUT2D eigenvalue weighted by Gasteiger charge is -2.14. The van der Waals surface area contributed by atoms with Crippen molar-refractivity contribution in [2.75, 3.05) is 13.4 Å². The Balaban J connectivity index is 3.82. The zero-order chi connectivity index (χ0) is 12.8. The standard InChI is InChI=1S/C9H19O6P/c1-7(2)5-14-16(11,12)15-6-13-9(10)8(3)4/h7-8H,5-6H2,1-4H3,(H,11,12). The molecule has 0 aliphatic carbocycles. The normalized spacial score (nSPS) is 15.2. The largest absolute Gasteiger partial charge is 0.475 e. The highest BCUT2D eigenvalue weighted by Crippen LogP contribution is 2.43. The van der Waals surface area contributed by atoms with Crippen LogP contribution in [0.25, 0.3) is 0 Å². The van der Waals surface area contributed by atoms with Gasteiger partial charge < -0.3 is 9.63 Å². The molecule has 0 bridgehead atoms. The van der Waals surface area contributed by atoms with E-state index in [-0.39, 0.29) is 18.4 Å². The maximum Gasteiger partial charge on any atom is 0.475 e. The molecule has 0 amide bonds. The van der Waals surface area contributed by atoms with Crippen LogP contribution < -0.4 is 0 Å². The van der Waals surface area contributed by atoms with Crippen LogP contribution in [0.2, 0.25) is 0 Å². The molecule has 0 saturated heterocycles. The van der Waals surface area contributed by atoms with E-state index in [0.29, 0.717) is 0 Å². The van der Waals surface area contributed by atoms with Gasteiger partial charge in [0.15, 0.2) is 0 Å². The first kappa shape index (κ1) is 15.6. The Morgan fingerprint density at radius 1 is 1.25 bits per heavy atom. The highest BCUT2D eigenvalue weighted by molar-refractivity contribution is 7.47. The van der Waals surface area contributed by atoms with Gasteiger partial charge in [0.25, 0.3) is 0 Å². The van der Waals surface area contributed by atoms with Crippen molar-refractivity contribution in [3.63, 3.8) is 0 Å². The topological polar surface area (TPSA) is 82.1 Å². The van der Waals surface area contributed by atoms with Gasteiger partial charge in [0.2, 0.25) is 6.79 Å². The summed E-state index contributed by atoms with van der Waals surface area (Å²) in [5, 5.41) is 0. The van der Waals surface area contributed by atoms with Crippen LogP contribution in [0.4, 0.5) is 0 Å². The summed E-state index contributed by atoms with van der Waals surface area (Å²) in [7, 11) is -4.11. The number of phosphoric ester groups is 1. The van der Waals surface area contributed by atoms with Crippen LogP contribution >= 0.6 is 7.82 Å². The fourth-order valence-corrected chi connectivity index (χ4v) is 1.35. The van der Waals surface area contributed by atoms with E-state index in [1.807, 2.05) is 13.8 Å². The molecule has 1 atom stereocenters. The molecule has 0 fully saturated rings. The zero-order valence-electron chi connectivity index (χ0n) is 10.0. The highest BCUT2D eigenvalue weighted by atomic mass is 31.2. The van der Waals surface area contributed by atoms with Crippen molar-refractivity contribution in [2.45, 2.75) is 27.7 Å². The van der Waals surface area contributed by atoms with Gasteiger partial charge in [-0.2, -0.15) is 0 Å². The Hall–Kier alpha value is -0.420. The van der Waals surface area contributed by atoms with Gasteiger partial charge in [-0.05, 0) is 5.92 Å². The van der Waals surface area contributed by atoms with Gasteiger partial charge >= 0.3 is 13.8 Å². The van der Waals surface area contributed by atoms with Crippen molar-refractivity contribution in [1.29, 1.82) is 0 Å². The molecule has 1 unspecified atom stereocenters. The molecule has 96 valence electrons. The summed E-state index contributed by atoms with van der Waals surface area (Å²) in [5.41, 5.74) is 0. The molecule has 0 aliphatic rings. The van der Waals surface area contributed by atoms with Gasteiger partial charge in [0, 0.05) is 0 Å². The van der Waals surface area contributed by atoms with Gasteiger partial charge in [0.1, 0.15) is 0 Å². The number of esters is 1. The van der Waals surface area contributed by atoms with E-state index < -0.39 is 20.6 Å². The van der Waals surface area contributed by atoms with E-state index in [0.717, 1.165) is 0 Å². The summed E-state index contributed by atoms with van der Waals surface area (Å²) >= 11 is 0. The van der Waals surface area contributed by atoms with E-state index in [4.69, 9.17) is 4.89 Å². The molecule has 0 rings (SSSR count). The molecular formula is C9H19O6P. The maximum atomic E-state index is 11.2. The first-order chi connectivity index (χ1) is 7.24. The highest BCUT2D eigenvalue weighted by Gasteiger charge is 2.22. The van der Waals surface area contributed by atoms with E-state index in [1.54, 1.807) is 13.8 Å². The Morgan fingerprint density at radius 2 is 1.81 bits per heavy atom. The molecule has 0 aliphatic heterocycles. The van der Waals surface area contributed by atoms with Crippen LogP contribution in [-0.2, 0) is 23.1 Å². The Kier molecular flexibility index (Phi) is 6.83. The Labute approximate surface area is 95.5 Å². The van der Waals surface area contributed by atoms with Gasteiger partial charge in [-0.25, -0.2) is 9.09 Å². The molecule has 16 heavy (non-hydrogen) atoms. The second-order valence-corrected chi connectivity index (χ2v) is 5.48. The smallest absolute Gasteiger partial charge is 0.438 e. The van der Waals surface area contributed by atoms with Crippen molar-refractivity contribution in [3.05, 3.63) is 0 Å². The van der Waals surface area contributed by atoms with Crippen LogP contribution in [0.1, 0.15) is 27.7 Å². The fourth-order valence-electron chi connectivity index (χ4n) is 0.598. The van der Waals surface area contributed by atoms with Crippen LogP contribution in [0.5, 0.6) is 0 Å². The van der Waals surface area contributed by atoms with E-state index in [1.165, 1.54) is 0 Å². The molecule has 0 spiro atoms. The molecule has 0 heterocycles. The van der Waals surface area contributed by atoms with Crippen molar-refractivity contribution in [1.82, 2.24) is 0 Å². The summed E-state index contributed by atoms with van der Waals surface area (Å²) < 4.78 is 24.8. The average molecular weight is 254 g/mol. The predicted octanol–water partition coefficient (Wildman–Crippen LogP) is 1.93. The number of rotatable bonds is 7. The first-order valence-electron chi connectivity index (χ1n) is 5.03. The summed E-state index contributed by atoms with van der Waals surface area (Å²) in [6.45, 7) is 6.48. The summed E-state index contributed by atoms with van der Waals surface area (Å²) in [6, 6.07) is 0. The lowest BCUT2D eigenvalue weighted by atomic mass is 10.2. The summed E-state index contributed by atoms with van der Waals surface area (Å²) in [4.78, 5) is 20.1. The third-order valence-corrected chi connectivity index (χ3v) is 2.37. The molecule has 7 heteroatoms. The number of hydrogen-bond acceptors (Lipinski definition) is 5. The van der Waals surface area contributed by atoms with Crippen LogP contribution in [0.15, 0.2) is 0 Å². The molecular weight excluding hydrogens is 235 g/mol. The molecule has 0 saturated carbocycles. The van der Waals surface area contributed by atoms with Crippen LogP contribution in [0, 0.1) is 11.8 Å². The molecule has 0 radical (unpaired) electrons. The molecule has 0 aromatic carbocycles. The number of hydrogen-bond donors (Lipinski definition) is 1. The van der Waals surface area contributed by atoms with Gasteiger partial charge in [-0.1, -0.05) is 27.7 Å².